The molecule has 0 aliphatic rings. The first-order valence-electron chi connectivity index (χ1n) is 3.45. The highest BCUT2D eigenvalue weighted by atomic mass is 35.5. The van der Waals surface area contributed by atoms with Gasteiger partial charge in [-0.1, -0.05) is 35.6 Å². The first-order valence-corrected chi connectivity index (χ1v) is 3.83. The maximum absolute atomic E-state index is 8.23. The number of hydrogen-bond donors (Lipinski definition) is 0. The van der Waals surface area contributed by atoms with Crippen LogP contribution in [0.15, 0.2) is 24.3 Å². The van der Waals surface area contributed by atoms with Crippen molar-refractivity contribution in [2.24, 2.45) is 0 Å². The van der Waals surface area contributed by atoms with E-state index in [2.05, 4.69) is 11.8 Å². The van der Waals surface area contributed by atoms with Gasteiger partial charge in [-0.15, -0.1) is 0 Å². The first-order chi connectivity index (χ1) is 5.84. The quantitative estimate of drug-likeness (QED) is 0.556. The summed E-state index contributed by atoms with van der Waals surface area (Å²) in [6.07, 6.45) is 0.241. The fraction of sp³-hybridized carbons (Fsp3) is 0.100. The summed E-state index contributed by atoms with van der Waals surface area (Å²) in [5.41, 5.74) is 0.773. The zero-order valence-corrected chi connectivity index (χ0v) is 7.10. The van der Waals surface area contributed by atoms with E-state index >= 15 is 0 Å². The van der Waals surface area contributed by atoms with E-state index in [1.165, 1.54) is 0 Å². The van der Waals surface area contributed by atoms with Crippen LogP contribution in [0.3, 0.4) is 0 Å². The normalized spacial score (nSPS) is 8.00. The molecule has 58 valence electrons. The van der Waals surface area contributed by atoms with Crippen LogP contribution in [0.25, 0.3) is 0 Å². The minimum absolute atomic E-state index is 0.241. The Morgan fingerprint density at radius 1 is 1.33 bits per heavy atom. The zero-order chi connectivity index (χ0) is 8.81. The fourth-order valence-corrected chi connectivity index (χ4v) is 0.925. The fourth-order valence-electron chi connectivity index (χ4n) is 0.742. The van der Waals surface area contributed by atoms with Gasteiger partial charge in [0.15, 0.2) is 0 Å². The first kappa shape index (κ1) is 8.65. The summed E-state index contributed by atoms with van der Waals surface area (Å²) >= 11 is 5.82. The van der Waals surface area contributed by atoms with Gasteiger partial charge >= 0.3 is 0 Å². The molecule has 1 aromatic rings. The molecule has 0 saturated carbocycles. The molecule has 1 nitrogen and oxygen atoms in total. The smallest absolute Gasteiger partial charge is 0.0966 e. The van der Waals surface area contributed by atoms with Crippen molar-refractivity contribution in [3.63, 3.8) is 0 Å². The van der Waals surface area contributed by atoms with E-state index in [4.69, 9.17) is 16.9 Å². The highest BCUT2D eigenvalue weighted by Crippen LogP contribution is 2.12. The van der Waals surface area contributed by atoms with Crippen LogP contribution in [0, 0.1) is 23.2 Å². The minimum Gasteiger partial charge on any atom is -0.197 e. The van der Waals surface area contributed by atoms with Gasteiger partial charge in [0, 0.05) is 5.56 Å². The maximum atomic E-state index is 8.23. The molecule has 0 heterocycles. The van der Waals surface area contributed by atoms with Gasteiger partial charge in [0.05, 0.1) is 17.5 Å². The van der Waals surface area contributed by atoms with E-state index in [9.17, 15) is 0 Å². The molecule has 1 rings (SSSR count). The number of nitriles is 1. The molecule has 0 atom stereocenters. The molecular formula is C10H6ClN. The van der Waals surface area contributed by atoms with E-state index < -0.39 is 0 Å². The van der Waals surface area contributed by atoms with E-state index in [0.29, 0.717) is 5.02 Å². The molecule has 0 aromatic heterocycles. The Hall–Kier alpha value is -1.44. The van der Waals surface area contributed by atoms with E-state index in [-0.39, 0.29) is 6.42 Å². The Bertz CT molecular complexity index is 365. The summed E-state index contributed by atoms with van der Waals surface area (Å²) in [7, 11) is 0. The Labute approximate surface area is 76.6 Å². The van der Waals surface area contributed by atoms with E-state index in [0.717, 1.165) is 5.56 Å². The van der Waals surface area contributed by atoms with E-state index in [1.54, 1.807) is 6.07 Å². The molecule has 0 spiro atoms. The van der Waals surface area contributed by atoms with Gasteiger partial charge in [-0.05, 0) is 12.1 Å². The summed E-state index contributed by atoms with van der Waals surface area (Å²) in [6.45, 7) is 0. The molecule has 0 fully saturated rings. The number of halogens is 1. The van der Waals surface area contributed by atoms with Gasteiger partial charge in [0.2, 0.25) is 0 Å². The third-order valence-electron chi connectivity index (χ3n) is 1.26. The molecule has 2 heteroatoms. The predicted molar refractivity (Wildman–Crippen MR) is 48.6 cm³/mol. The van der Waals surface area contributed by atoms with Crippen LogP contribution in [0.1, 0.15) is 12.0 Å². The lowest BCUT2D eigenvalue weighted by molar-refractivity contribution is 1.39. The SMILES string of the molecule is N#CCC#Cc1ccccc1Cl. The summed E-state index contributed by atoms with van der Waals surface area (Å²) in [6, 6.07) is 9.25. The Balaban J connectivity index is 2.86. The minimum atomic E-state index is 0.241. The van der Waals surface area contributed by atoms with Crippen LogP contribution in [-0.4, -0.2) is 0 Å². The van der Waals surface area contributed by atoms with Crippen LogP contribution in [0.2, 0.25) is 5.02 Å². The third-order valence-corrected chi connectivity index (χ3v) is 1.59. The van der Waals surface area contributed by atoms with Crippen molar-refractivity contribution in [1.29, 1.82) is 5.26 Å². The van der Waals surface area contributed by atoms with Gasteiger partial charge in [0.1, 0.15) is 0 Å². The molecule has 0 radical (unpaired) electrons. The Morgan fingerprint density at radius 3 is 2.75 bits per heavy atom. The monoisotopic (exact) mass is 175 g/mol. The molecule has 0 aliphatic heterocycles. The summed E-state index contributed by atoms with van der Waals surface area (Å²) in [5, 5.41) is 8.86. The number of nitrogens with zero attached hydrogens (tertiary/aromatic N) is 1. The Kier molecular flexibility index (Phi) is 3.20. The highest BCUT2D eigenvalue weighted by Gasteiger charge is 1.91. The van der Waals surface area contributed by atoms with Crippen LogP contribution in [-0.2, 0) is 0 Å². The van der Waals surface area contributed by atoms with Crippen LogP contribution in [0.5, 0.6) is 0 Å². The lowest BCUT2D eigenvalue weighted by atomic mass is 10.2. The molecule has 0 bridgehead atoms. The number of rotatable bonds is 0. The zero-order valence-electron chi connectivity index (χ0n) is 6.34. The van der Waals surface area contributed by atoms with Crippen molar-refractivity contribution in [1.82, 2.24) is 0 Å². The predicted octanol–water partition coefficient (Wildman–Crippen LogP) is 2.61. The van der Waals surface area contributed by atoms with Crippen molar-refractivity contribution in [3.8, 4) is 17.9 Å². The van der Waals surface area contributed by atoms with Crippen LogP contribution >= 0.6 is 11.6 Å². The standard InChI is InChI=1S/C10H6ClN/c11-10-7-2-1-5-9(10)6-3-4-8-12/h1-2,5,7H,4H2. The summed E-state index contributed by atoms with van der Waals surface area (Å²) < 4.78 is 0. The highest BCUT2D eigenvalue weighted by molar-refractivity contribution is 6.31. The van der Waals surface area contributed by atoms with Gasteiger partial charge in [-0.25, -0.2) is 0 Å². The molecule has 1 aromatic carbocycles. The molecule has 0 aliphatic carbocycles. The molecule has 0 unspecified atom stereocenters. The van der Waals surface area contributed by atoms with E-state index in [1.807, 2.05) is 24.3 Å². The second-order valence-electron chi connectivity index (χ2n) is 2.12. The second-order valence-corrected chi connectivity index (χ2v) is 2.52. The third kappa shape index (κ3) is 2.31. The van der Waals surface area contributed by atoms with Crippen LogP contribution < -0.4 is 0 Å². The number of hydrogen-bond acceptors (Lipinski definition) is 1. The van der Waals surface area contributed by atoms with Crippen molar-refractivity contribution in [2.75, 3.05) is 0 Å². The average molecular weight is 176 g/mol. The lowest BCUT2D eigenvalue weighted by Crippen LogP contribution is -1.74. The number of benzene rings is 1. The molecular weight excluding hydrogens is 170 g/mol. The average Bonchev–Trinajstić information content (AvgIpc) is 2.09. The Morgan fingerprint density at radius 2 is 2.08 bits per heavy atom. The second kappa shape index (κ2) is 4.44. The molecule has 0 amide bonds. The van der Waals surface area contributed by atoms with Gasteiger partial charge in [-0.2, -0.15) is 5.26 Å². The summed E-state index contributed by atoms with van der Waals surface area (Å²) in [4.78, 5) is 0. The lowest BCUT2D eigenvalue weighted by Gasteiger charge is -1.91. The van der Waals surface area contributed by atoms with Crippen molar-refractivity contribution in [3.05, 3.63) is 34.9 Å². The van der Waals surface area contributed by atoms with Crippen molar-refractivity contribution < 1.29 is 0 Å². The molecule has 12 heavy (non-hydrogen) atoms. The largest absolute Gasteiger partial charge is 0.197 e. The van der Waals surface area contributed by atoms with Crippen LogP contribution in [0.4, 0.5) is 0 Å². The maximum Gasteiger partial charge on any atom is 0.0966 e. The van der Waals surface area contributed by atoms with Crippen molar-refractivity contribution >= 4 is 11.6 Å². The topological polar surface area (TPSA) is 23.8 Å². The summed E-state index contributed by atoms with van der Waals surface area (Å²) in [5.74, 6) is 5.51. The van der Waals surface area contributed by atoms with Gasteiger partial charge in [0.25, 0.3) is 0 Å². The van der Waals surface area contributed by atoms with Crippen molar-refractivity contribution in [2.45, 2.75) is 6.42 Å². The van der Waals surface area contributed by atoms with Gasteiger partial charge < -0.3 is 0 Å². The molecule has 0 N–H and O–H groups in total. The molecule has 0 saturated heterocycles. The van der Waals surface area contributed by atoms with Gasteiger partial charge in [-0.3, -0.25) is 0 Å².